The second-order valence-electron chi connectivity index (χ2n) is 6.49. The predicted octanol–water partition coefficient (Wildman–Crippen LogP) is 2.57. The van der Waals surface area contributed by atoms with Crippen molar-refractivity contribution in [2.24, 2.45) is 0 Å². The van der Waals surface area contributed by atoms with Gasteiger partial charge in [-0.05, 0) is 45.1 Å². The smallest absolute Gasteiger partial charge is 0.271 e. The van der Waals surface area contributed by atoms with Gasteiger partial charge in [-0.1, -0.05) is 11.6 Å². The van der Waals surface area contributed by atoms with E-state index in [4.69, 9.17) is 11.6 Å². The molecule has 0 fully saturated rings. The van der Waals surface area contributed by atoms with Crippen LogP contribution in [-0.4, -0.2) is 25.3 Å². The van der Waals surface area contributed by atoms with Gasteiger partial charge < -0.3 is 0 Å². The topological polar surface area (TPSA) is 81.8 Å². The zero-order chi connectivity index (χ0) is 18.4. The van der Waals surface area contributed by atoms with Gasteiger partial charge in [-0.15, -0.1) is 11.3 Å². The van der Waals surface area contributed by atoms with E-state index in [0.717, 1.165) is 36.1 Å². The lowest BCUT2D eigenvalue weighted by Crippen LogP contribution is -2.37. The molecule has 0 atom stereocenters. The van der Waals surface area contributed by atoms with Crippen LogP contribution in [-0.2, 0) is 24.2 Å². The summed E-state index contributed by atoms with van der Waals surface area (Å²) in [5.74, 6) is 0.101. The first-order chi connectivity index (χ1) is 12.4. The maximum Gasteiger partial charge on any atom is 0.281 e. The standard InChI is InChI=1S/C17H18ClN5O2S/c1-9-12(18)7-22(20-9)8-14(24)21-23-10(2)19-16-15(17(23)25)11-5-3-4-6-13(11)26-16/h7H,3-6,8H2,1-2H3,(H,21,24). The molecule has 1 amide bonds. The third-order valence-electron chi connectivity index (χ3n) is 4.59. The number of hydrogen-bond acceptors (Lipinski definition) is 5. The van der Waals surface area contributed by atoms with E-state index >= 15 is 0 Å². The van der Waals surface area contributed by atoms with Crippen LogP contribution in [0, 0.1) is 13.8 Å². The summed E-state index contributed by atoms with van der Waals surface area (Å²) >= 11 is 7.56. The number of nitrogens with one attached hydrogen (secondary N) is 1. The maximum absolute atomic E-state index is 13.0. The number of carbonyl (C=O) groups is 1. The number of carbonyl (C=O) groups excluding carboxylic acids is 1. The largest absolute Gasteiger partial charge is 0.281 e. The Morgan fingerprint density at radius 1 is 1.35 bits per heavy atom. The minimum Gasteiger partial charge on any atom is -0.271 e. The van der Waals surface area contributed by atoms with Crippen molar-refractivity contribution >= 4 is 39.1 Å². The van der Waals surface area contributed by atoms with Crippen molar-refractivity contribution < 1.29 is 4.79 Å². The highest BCUT2D eigenvalue weighted by atomic mass is 35.5. The average molecular weight is 392 g/mol. The Hall–Kier alpha value is -2.19. The van der Waals surface area contributed by atoms with Crippen LogP contribution in [0.15, 0.2) is 11.0 Å². The van der Waals surface area contributed by atoms with Crippen LogP contribution in [0.4, 0.5) is 0 Å². The van der Waals surface area contributed by atoms with Crippen molar-refractivity contribution in [2.45, 2.75) is 46.1 Å². The average Bonchev–Trinajstić information content (AvgIpc) is 3.10. The summed E-state index contributed by atoms with van der Waals surface area (Å²) in [4.78, 5) is 31.9. The molecule has 0 saturated carbocycles. The van der Waals surface area contributed by atoms with E-state index < -0.39 is 0 Å². The normalized spacial score (nSPS) is 13.8. The quantitative estimate of drug-likeness (QED) is 0.743. The van der Waals surface area contributed by atoms with Crippen molar-refractivity contribution in [1.82, 2.24) is 19.4 Å². The molecule has 1 N–H and O–H groups in total. The molecule has 3 heterocycles. The highest BCUT2D eigenvalue weighted by Crippen LogP contribution is 2.33. The molecular weight excluding hydrogens is 374 g/mol. The van der Waals surface area contributed by atoms with Crippen LogP contribution in [0.25, 0.3) is 10.2 Å². The first kappa shape index (κ1) is 17.2. The summed E-state index contributed by atoms with van der Waals surface area (Å²) in [6.07, 6.45) is 5.71. The van der Waals surface area contributed by atoms with Crippen molar-refractivity contribution in [2.75, 3.05) is 5.43 Å². The minimum atomic E-state index is -0.361. The number of fused-ring (bicyclic) bond motifs is 3. The van der Waals surface area contributed by atoms with Crippen molar-refractivity contribution in [3.63, 3.8) is 0 Å². The fourth-order valence-corrected chi connectivity index (χ4v) is 4.77. The molecule has 3 aromatic rings. The van der Waals surface area contributed by atoms with E-state index in [1.165, 1.54) is 14.2 Å². The molecule has 0 bridgehead atoms. The van der Waals surface area contributed by atoms with Gasteiger partial charge in [-0.25, -0.2) is 9.66 Å². The summed E-state index contributed by atoms with van der Waals surface area (Å²) < 4.78 is 2.69. The Bertz CT molecular complexity index is 1060. The number of aryl methyl sites for hydroxylation is 4. The number of hydrogen-bond donors (Lipinski definition) is 1. The van der Waals surface area contributed by atoms with Crippen LogP contribution >= 0.6 is 22.9 Å². The van der Waals surface area contributed by atoms with Gasteiger partial charge in [0.1, 0.15) is 17.2 Å². The Morgan fingerprint density at radius 2 is 2.12 bits per heavy atom. The van der Waals surface area contributed by atoms with Crippen molar-refractivity contribution in [3.8, 4) is 0 Å². The summed E-state index contributed by atoms with van der Waals surface area (Å²) in [6, 6.07) is 0. The third-order valence-corrected chi connectivity index (χ3v) is 6.14. The zero-order valence-electron chi connectivity index (χ0n) is 14.5. The van der Waals surface area contributed by atoms with Gasteiger partial charge in [-0.2, -0.15) is 5.10 Å². The predicted molar refractivity (Wildman–Crippen MR) is 102 cm³/mol. The first-order valence-electron chi connectivity index (χ1n) is 8.47. The summed E-state index contributed by atoms with van der Waals surface area (Å²) in [5.41, 5.74) is 4.19. The number of rotatable bonds is 3. The van der Waals surface area contributed by atoms with Crippen LogP contribution in [0.1, 0.15) is 34.8 Å². The van der Waals surface area contributed by atoms with E-state index in [-0.39, 0.29) is 18.0 Å². The van der Waals surface area contributed by atoms with Crippen molar-refractivity contribution in [1.29, 1.82) is 0 Å². The molecule has 1 aliphatic carbocycles. The van der Waals surface area contributed by atoms with E-state index in [1.807, 2.05) is 0 Å². The lowest BCUT2D eigenvalue weighted by Gasteiger charge is -2.13. The maximum atomic E-state index is 13.0. The molecule has 1 aliphatic rings. The van der Waals surface area contributed by atoms with Gasteiger partial charge in [0.05, 0.1) is 16.1 Å². The van der Waals surface area contributed by atoms with Crippen molar-refractivity contribution in [3.05, 3.63) is 43.5 Å². The number of halogens is 1. The SMILES string of the molecule is Cc1nn(CC(=O)Nn2c(C)nc3sc4c(c3c2=O)CCCC4)cc1Cl. The lowest BCUT2D eigenvalue weighted by molar-refractivity contribution is -0.117. The van der Waals surface area contributed by atoms with Gasteiger partial charge in [0.2, 0.25) is 0 Å². The fourth-order valence-electron chi connectivity index (χ4n) is 3.32. The Balaban J connectivity index is 1.67. The third kappa shape index (κ3) is 2.93. The monoisotopic (exact) mass is 391 g/mol. The molecule has 0 unspecified atom stereocenters. The number of thiophene rings is 1. The van der Waals surface area contributed by atoms with E-state index in [0.29, 0.717) is 21.9 Å². The Labute approximate surface area is 158 Å². The Morgan fingerprint density at radius 3 is 2.85 bits per heavy atom. The molecule has 7 nitrogen and oxygen atoms in total. The van der Waals surface area contributed by atoms with E-state index in [2.05, 4.69) is 15.5 Å². The molecule has 0 aliphatic heterocycles. The number of nitrogens with zero attached hydrogens (tertiary/aromatic N) is 4. The Kier molecular flexibility index (Phi) is 4.32. The molecule has 136 valence electrons. The number of aromatic nitrogens is 4. The van der Waals surface area contributed by atoms with Gasteiger partial charge >= 0.3 is 0 Å². The second-order valence-corrected chi connectivity index (χ2v) is 7.98. The summed E-state index contributed by atoms with van der Waals surface area (Å²) in [7, 11) is 0. The summed E-state index contributed by atoms with van der Waals surface area (Å²) in [6.45, 7) is 3.46. The zero-order valence-corrected chi connectivity index (χ0v) is 16.1. The van der Waals surface area contributed by atoms with E-state index in [9.17, 15) is 9.59 Å². The first-order valence-corrected chi connectivity index (χ1v) is 9.67. The van der Waals surface area contributed by atoms with Gasteiger partial charge in [0, 0.05) is 11.1 Å². The molecular formula is C17H18ClN5O2S. The molecule has 4 rings (SSSR count). The molecule has 0 saturated heterocycles. The van der Waals surface area contributed by atoms with Gasteiger partial charge in [-0.3, -0.25) is 19.7 Å². The van der Waals surface area contributed by atoms with Crippen LogP contribution in [0.3, 0.4) is 0 Å². The van der Waals surface area contributed by atoms with E-state index in [1.54, 1.807) is 31.4 Å². The minimum absolute atomic E-state index is 0.0286. The fraction of sp³-hybridized carbons (Fsp3) is 0.412. The molecule has 0 spiro atoms. The molecule has 3 aromatic heterocycles. The molecule has 0 aromatic carbocycles. The van der Waals surface area contributed by atoms with Gasteiger partial charge in [0.25, 0.3) is 11.5 Å². The van der Waals surface area contributed by atoms with Crippen LogP contribution in [0.2, 0.25) is 5.02 Å². The highest BCUT2D eigenvalue weighted by Gasteiger charge is 2.21. The van der Waals surface area contributed by atoms with Crippen LogP contribution in [0.5, 0.6) is 0 Å². The summed E-state index contributed by atoms with van der Waals surface area (Å²) in [5, 5.41) is 5.30. The lowest BCUT2D eigenvalue weighted by atomic mass is 9.97. The van der Waals surface area contributed by atoms with Gasteiger partial charge in [0.15, 0.2) is 0 Å². The molecule has 0 radical (unpaired) electrons. The highest BCUT2D eigenvalue weighted by molar-refractivity contribution is 7.18. The second kappa shape index (κ2) is 6.51. The van der Waals surface area contributed by atoms with Crippen LogP contribution < -0.4 is 11.0 Å². The number of amides is 1. The molecule has 9 heteroatoms. The molecule has 26 heavy (non-hydrogen) atoms.